The summed E-state index contributed by atoms with van der Waals surface area (Å²) in [7, 11) is 0. The maximum absolute atomic E-state index is 12.2. The Morgan fingerprint density at radius 3 is 2.84 bits per heavy atom. The molecule has 1 aliphatic heterocycles. The SMILES string of the molecule is CCOC(=O)N1Cc2nc(N)nc(-c3c(Cl)cc(Cl)cc3OCCn3cccn3)c2C1. The molecule has 2 N–H and O–H groups in total. The normalized spacial score (nSPS) is 12.7. The number of amides is 1. The Bertz CT molecular complexity index is 1110. The number of fused-ring (bicyclic) bond motifs is 1. The second-order valence-electron chi connectivity index (χ2n) is 6.79. The molecule has 0 spiro atoms. The highest BCUT2D eigenvalue weighted by molar-refractivity contribution is 6.37. The van der Waals surface area contributed by atoms with Crippen molar-refractivity contribution in [2.75, 3.05) is 18.9 Å². The van der Waals surface area contributed by atoms with Gasteiger partial charge in [0.05, 0.1) is 48.2 Å². The van der Waals surface area contributed by atoms with Gasteiger partial charge in [0.1, 0.15) is 12.4 Å². The van der Waals surface area contributed by atoms with E-state index < -0.39 is 6.09 Å². The Balaban J connectivity index is 1.69. The highest BCUT2D eigenvalue weighted by atomic mass is 35.5. The van der Waals surface area contributed by atoms with Crippen molar-refractivity contribution < 1.29 is 14.3 Å². The lowest BCUT2D eigenvalue weighted by Crippen LogP contribution is -2.26. The van der Waals surface area contributed by atoms with Crippen molar-refractivity contribution in [3.05, 3.63) is 51.9 Å². The van der Waals surface area contributed by atoms with E-state index in [0.717, 1.165) is 5.56 Å². The van der Waals surface area contributed by atoms with Crippen LogP contribution in [-0.4, -0.2) is 44.0 Å². The number of benzene rings is 1. The summed E-state index contributed by atoms with van der Waals surface area (Å²) in [5.74, 6) is 0.535. The van der Waals surface area contributed by atoms with Gasteiger partial charge in [0.25, 0.3) is 0 Å². The summed E-state index contributed by atoms with van der Waals surface area (Å²) in [6.07, 6.45) is 3.11. The first kappa shape index (κ1) is 21.2. The number of aromatic nitrogens is 4. The van der Waals surface area contributed by atoms with Crippen LogP contribution in [0.4, 0.5) is 10.7 Å². The first-order chi connectivity index (χ1) is 15.0. The van der Waals surface area contributed by atoms with Gasteiger partial charge in [-0.2, -0.15) is 5.10 Å². The van der Waals surface area contributed by atoms with E-state index >= 15 is 0 Å². The molecule has 3 heterocycles. The molecule has 9 nitrogen and oxygen atoms in total. The van der Waals surface area contributed by atoms with E-state index in [-0.39, 0.29) is 25.6 Å². The fraction of sp³-hybridized carbons (Fsp3) is 0.300. The van der Waals surface area contributed by atoms with Crippen molar-refractivity contribution in [3.63, 3.8) is 0 Å². The van der Waals surface area contributed by atoms with Gasteiger partial charge in [-0.05, 0) is 25.1 Å². The maximum Gasteiger partial charge on any atom is 0.410 e. The van der Waals surface area contributed by atoms with E-state index in [0.29, 0.717) is 45.9 Å². The molecule has 0 bridgehead atoms. The summed E-state index contributed by atoms with van der Waals surface area (Å²) < 4.78 is 12.9. The van der Waals surface area contributed by atoms with E-state index in [1.165, 1.54) is 4.90 Å². The number of carbonyl (C=O) groups excluding carboxylic acids is 1. The van der Waals surface area contributed by atoms with Crippen LogP contribution in [0.2, 0.25) is 10.0 Å². The maximum atomic E-state index is 12.2. The molecule has 1 aromatic carbocycles. The predicted octanol–water partition coefficient (Wildman–Crippen LogP) is 3.78. The molecule has 11 heteroatoms. The average molecular weight is 463 g/mol. The molecule has 0 aliphatic carbocycles. The first-order valence-electron chi connectivity index (χ1n) is 9.63. The quantitative estimate of drug-likeness (QED) is 0.593. The number of anilines is 1. The molecule has 2 aromatic heterocycles. The molecular weight excluding hydrogens is 443 g/mol. The Labute approximate surface area is 188 Å². The fourth-order valence-corrected chi connectivity index (χ4v) is 3.96. The molecule has 31 heavy (non-hydrogen) atoms. The molecule has 0 fully saturated rings. The molecule has 1 aliphatic rings. The number of hydrogen-bond donors (Lipinski definition) is 1. The zero-order valence-corrected chi connectivity index (χ0v) is 18.2. The molecule has 3 aromatic rings. The van der Waals surface area contributed by atoms with Crippen LogP contribution >= 0.6 is 23.2 Å². The van der Waals surface area contributed by atoms with E-state index in [4.69, 9.17) is 38.4 Å². The summed E-state index contributed by atoms with van der Waals surface area (Å²) in [5.41, 5.74) is 8.40. The van der Waals surface area contributed by atoms with Crippen LogP contribution in [0.3, 0.4) is 0 Å². The predicted molar refractivity (Wildman–Crippen MR) is 116 cm³/mol. The third-order valence-corrected chi connectivity index (χ3v) is 5.23. The summed E-state index contributed by atoms with van der Waals surface area (Å²) in [6.45, 7) is 3.46. The number of ether oxygens (including phenoxy) is 2. The monoisotopic (exact) mass is 462 g/mol. The second kappa shape index (κ2) is 8.99. The van der Waals surface area contributed by atoms with Gasteiger partial charge in [0.15, 0.2) is 0 Å². The number of hydrogen-bond acceptors (Lipinski definition) is 7. The molecule has 4 rings (SSSR count). The van der Waals surface area contributed by atoms with E-state index in [2.05, 4.69) is 15.1 Å². The lowest BCUT2D eigenvalue weighted by atomic mass is 10.0. The van der Waals surface area contributed by atoms with Crippen LogP contribution in [0.15, 0.2) is 30.6 Å². The summed E-state index contributed by atoms with van der Waals surface area (Å²) >= 11 is 12.8. The third-order valence-electron chi connectivity index (χ3n) is 4.72. The third kappa shape index (κ3) is 4.52. The minimum atomic E-state index is -0.428. The lowest BCUT2D eigenvalue weighted by Gasteiger charge is -2.16. The average Bonchev–Trinajstić information content (AvgIpc) is 3.37. The van der Waals surface area contributed by atoms with Gasteiger partial charge in [-0.25, -0.2) is 14.8 Å². The zero-order chi connectivity index (χ0) is 22.0. The number of nitrogens with zero attached hydrogens (tertiary/aromatic N) is 5. The largest absolute Gasteiger partial charge is 0.491 e. The lowest BCUT2D eigenvalue weighted by molar-refractivity contribution is 0.106. The second-order valence-corrected chi connectivity index (χ2v) is 7.63. The Hall–Kier alpha value is -3.04. The highest BCUT2D eigenvalue weighted by Gasteiger charge is 2.31. The summed E-state index contributed by atoms with van der Waals surface area (Å²) in [6, 6.07) is 5.13. The van der Waals surface area contributed by atoms with Gasteiger partial charge >= 0.3 is 6.09 Å². The van der Waals surface area contributed by atoms with Crippen molar-refractivity contribution in [3.8, 4) is 17.0 Å². The minimum Gasteiger partial charge on any atom is -0.491 e. The number of carbonyl (C=O) groups is 1. The van der Waals surface area contributed by atoms with Gasteiger partial charge in [-0.15, -0.1) is 0 Å². The van der Waals surface area contributed by atoms with Gasteiger partial charge < -0.3 is 15.2 Å². The van der Waals surface area contributed by atoms with E-state index in [1.54, 1.807) is 29.9 Å². The summed E-state index contributed by atoms with van der Waals surface area (Å²) in [4.78, 5) is 22.5. The molecule has 0 saturated carbocycles. The fourth-order valence-electron chi connectivity index (χ4n) is 3.40. The van der Waals surface area contributed by atoms with Crippen LogP contribution in [0.1, 0.15) is 18.2 Å². The number of nitrogen functional groups attached to an aromatic ring is 1. The standard InChI is InChI=1S/C20H20Cl2N6O3/c1-2-30-20(29)27-10-13-15(11-27)25-19(23)26-18(13)17-14(22)8-12(21)9-16(17)31-7-6-28-5-3-4-24-28/h3-5,8-9H,2,6-7,10-11H2,1H3,(H2,23,25,26). The summed E-state index contributed by atoms with van der Waals surface area (Å²) in [5, 5.41) is 4.94. The van der Waals surface area contributed by atoms with Crippen molar-refractivity contribution >= 4 is 35.2 Å². The van der Waals surface area contributed by atoms with Gasteiger partial charge in [-0.3, -0.25) is 9.58 Å². The van der Waals surface area contributed by atoms with Gasteiger partial charge in [0, 0.05) is 23.0 Å². The Kier molecular flexibility index (Phi) is 6.15. The first-order valence-corrected chi connectivity index (χ1v) is 10.4. The molecular formula is C20H20Cl2N6O3. The Morgan fingerprint density at radius 1 is 1.26 bits per heavy atom. The minimum absolute atomic E-state index is 0.0768. The van der Waals surface area contributed by atoms with E-state index in [1.807, 2.05) is 12.3 Å². The molecule has 162 valence electrons. The van der Waals surface area contributed by atoms with E-state index in [9.17, 15) is 4.79 Å². The molecule has 1 amide bonds. The van der Waals surface area contributed by atoms with Crippen molar-refractivity contribution in [2.45, 2.75) is 26.6 Å². The topological polar surface area (TPSA) is 108 Å². The van der Waals surface area contributed by atoms with Crippen molar-refractivity contribution in [1.82, 2.24) is 24.6 Å². The highest BCUT2D eigenvalue weighted by Crippen LogP contribution is 2.42. The molecule has 0 atom stereocenters. The molecule has 0 saturated heterocycles. The van der Waals surface area contributed by atoms with Gasteiger partial charge in [0.2, 0.25) is 5.95 Å². The smallest absolute Gasteiger partial charge is 0.410 e. The molecule has 0 unspecified atom stereocenters. The number of nitrogens with two attached hydrogens (primary N) is 1. The van der Waals surface area contributed by atoms with Crippen LogP contribution < -0.4 is 10.5 Å². The van der Waals surface area contributed by atoms with Crippen molar-refractivity contribution in [1.29, 1.82) is 0 Å². The van der Waals surface area contributed by atoms with Crippen molar-refractivity contribution in [2.24, 2.45) is 0 Å². The number of rotatable bonds is 6. The van der Waals surface area contributed by atoms with Crippen LogP contribution in [0.25, 0.3) is 11.3 Å². The van der Waals surface area contributed by atoms with Crippen LogP contribution in [-0.2, 0) is 24.4 Å². The number of halogens is 2. The molecule has 0 radical (unpaired) electrons. The zero-order valence-electron chi connectivity index (χ0n) is 16.7. The van der Waals surface area contributed by atoms with Crippen LogP contribution in [0, 0.1) is 0 Å². The van der Waals surface area contributed by atoms with Crippen LogP contribution in [0.5, 0.6) is 5.75 Å². The van der Waals surface area contributed by atoms with Gasteiger partial charge in [-0.1, -0.05) is 23.2 Å². The Morgan fingerprint density at radius 2 is 2.10 bits per heavy atom.